The van der Waals surface area contributed by atoms with Crippen LogP contribution in [-0.2, 0) is 20.7 Å². The summed E-state index contributed by atoms with van der Waals surface area (Å²) in [4.78, 5) is 43.0. The number of nitrogens with one attached hydrogen (secondary N) is 1. The number of amides is 3. The summed E-state index contributed by atoms with van der Waals surface area (Å²) in [5.74, 6) is -1.20. The van der Waals surface area contributed by atoms with Crippen LogP contribution in [0.3, 0.4) is 0 Å². The summed E-state index contributed by atoms with van der Waals surface area (Å²) >= 11 is 5.97. The number of piperidine rings is 1. The van der Waals surface area contributed by atoms with Crippen LogP contribution in [0.5, 0.6) is 0 Å². The summed E-state index contributed by atoms with van der Waals surface area (Å²) in [5, 5.41) is 3.01. The predicted octanol–water partition coefficient (Wildman–Crippen LogP) is 0.837. The van der Waals surface area contributed by atoms with Gasteiger partial charge in [-0.1, -0.05) is 17.7 Å². The molecule has 26 heavy (non-hydrogen) atoms. The van der Waals surface area contributed by atoms with Gasteiger partial charge >= 0.3 is 17.9 Å². The number of nitrogens with zero attached hydrogens (tertiary/aromatic N) is 3. The van der Waals surface area contributed by atoms with Crippen LogP contribution in [0.15, 0.2) is 18.3 Å². The summed E-state index contributed by atoms with van der Waals surface area (Å²) < 4.78 is 5.45. The van der Waals surface area contributed by atoms with Gasteiger partial charge in [0.05, 0.1) is 6.54 Å². The van der Waals surface area contributed by atoms with E-state index in [0.717, 1.165) is 5.56 Å². The van der Waals surface area contributed by atoms with Gasteiger partial charge in [-0.2, -0.15) is 0 Å². The lowest BCUT2D eigenvalue weighted by molar-refractivity contribution is -0.148. The van der Waals surface area contributed by atoms with E-state index in [2.05, 4.69) is 10.3 Å². The van der Waals surface area contributed by atoms with Crippen LogP contribution in [0.2, 0.25) is 5.15 Å². The summed E-state index contributed by atoms with van der Waals surface area (Å²) in [6.07, 6.45) is 2.82. The van der Waals surface area contributed by atoms with E-state index in [1.54, 1.807) is 19.3 Å². The molecule has 1 aromatic rings. The Morgan fingerprint density at radius 2 is 2.12 bits per heavy atom. The minimum Gasteiger partial charge on any atom is -0.441 e. The Morgan fingerprint density at radius 3 is 2.73 bits per heavy atom. The van der Waals surface area contributed by atoms with Crippen LogP contribution in [-0.4, -0.2) is 71.5 Å². The largest absolute Gasteiger partial charge is 0.441 e. The summed E-state index contributed by atoms with van der Waals surface area (Å²) in [5.41, 5.74) is 0.282. The molecule has 9 heteroatoms. The van der Waals surface area contributed by atoms with Gasteiger partial charge < -0.3 is 19.9 Å². The first-order valence-electron chi connectivity index (χ1n) is 8.51. The molecule has 1 aromatic heterocycles. The van der Waals surface area contributed by atoms with Gasteiger partial charge in [0.2, 0.25) is 0 Å². The molecule has 3 rings (SSSR count). The van der Waals surface area contributed by atoms with Gasteiger partial charge in [-0.3, -0.25) is 9.59 Å². The van der Waals surface area contributed by atoms with E-state index in [1.807, 2.05) is 6.07 Å². The van der Waals surface area contributed by atoms with Gasteiger partial charge in [-0.05, 0) is 18.1 Å². The Kier molecular flexibility index (Phi) is 5.31. The Bertz CT molecular complexity index is 718. The van der Waals surface area contributed by atoms with E-state index in [4.69, 9.17) is 16.3 Å². The van der Waals surface area contributed by atoms with Gasteiger partial charge in [0.1, 0.15) is 10.8 Å². The highest BCUT2D eigenvalue weighted by atomic mass is 35.5. The molecule has 1 N–H and O–H groups in total. The van der Waals surface area contributed by atoms with Crippen LogP contribution in [0.25, 0.3) is 0 Å². The molecular weight excluding hydrogens is 360 g/mol. The fourth-order valence-electron chi connectivity index (χ4n) is 3.31. The number of likely N-dealkylation sites (tertiary alicyclic amines) is 1. The predicted molar refractivity (Wildman–Crippen MR) is 93.6 cm³/mol. The average molecular weight is 381 g/mol. The fraction of sp³-hybridized carbons (Fsp3) is 0.529. The second-order valence-corrected chi connectivity index (χ2v) is 7.02. The molecule has 2 aliphatic rings. The molecule has 140 valence electrons. The molecule has 2 aliphatic heterocycles. The fourth-order valence-corrected chi connectivity index (χ4v) is 3.52. The van der Waals surface area contributed by atoms with Gasteiger partial charge in [-0.25, -0.2) is 9.78 Å². The molecule has 0 atom stereocenters. The van der Waals surface area contributed by atoms with Crippen LogP contribution >= 0.6 is 11.6 Å². The van der Waals surface area contributed by atoms with E-state index in [9.17, 15) is 14.4 Å². The van der Waals surface area contributed by atoms with Crippen LogP contribution in [0.4, 0.5) is 4.79 Å². The molecule has 1 spiro atoms. The molecule has 3 amide bonds. The van der Waals surface area contributed by atoms with Gasteiger partial charge in [0.25, 0.3) is 0 Å². The Hall–Kier alpha value is -2.35. The quantitative estimate of drug-likeness (QED) is 0.619. The van der Waals surface area contributed by atoms with Gasteiger partial charge in [0.15, 0.2) is 0 Å². The van der Waals surface area contributed by atoms with E-state index < -0.39 is 17.4 Å². The van der Waals surface area contributed by atoms with Crippen molar-refractivity contribution in [2.24, 2.45) is 0 Å². The van der Waals surface area contributed by atoms with Crippen molar-refractivity contribution in [2.45, 2.75) is 24.9 Å². The molecule has 0 unspecified atom stereocenters. The zero-order chi connectivity index (χ0) is 18.7. The SMILES string of the molecule is CN1CC2(CCN(C(=O)C(=O)NCCc3cccnc3Cl)CC2)OC1=O. The maximum Gasteiger partial charge on any atom is 0.410 e. The molecule has 2 saturated heterocycles. The minimum atomic E-state index is -0.638. The number of carbonyl (C=O) groups is 3. The second kappa shape index (κ2) is 7.49. The highest BCUT2D eigenvalue weighted by molar-refractivity contribution is 6.35. The summed E-state index contributed by atoms with van der Waals surface area (Å²) in [6, 6.07) is 3.60. The number of likely N-dealkylation sites (N-methyl/N-ethyl adjacent to an activating group) is 1. The standard InChI is InChI=1S/C17H21ClN4O4/c1-21-11-17(26-16(21)25)5-9-22(10-6-17)15(24)14(23)20-8-4-12-3-2-7-19-13(12)18/h2-3,7H,4-6,8-11H2,1H3,(H,20,23). The lowest BCUT2D eigenvalue weighted by atomic mass is 9.91. The number of hydrogen-bond donors (Lipinski definition) is 1. The first kappa shape index (κ1) is 18.4. The Labute approximate surface area is 156 Å². The third-order valence-electron chi connectivity index (χ3n) is 4.81. The number of ether oxygens (including phenoxy) is 1. The van der Waals surface area contributed by atoms with Gasteiger partial charge in [-0.15, -0.1) is 0 Å². The molecule has 0 aromatic carbocycles. The second-order valence-electron chi connectivity index (χ2n) is 6.66. The monoisotopic (exact) mass is 380 g/mol. The Balaban J connectivity index is 1.45. The summed E-state index contributed by atoms with van der Waals surface area (Å²) in [7, 11) is 1.69. The molecule has 0 bridgehead atoms. The molecule has 0 saturated carbocycles. The number of pyridine rings is 1. The highest BCUT2D eigenvalue weighted by Crippen LogP contribution is 2.32. The van der Waals surface area contributed by atoms with Crippen LogP contribution < -0.4 is 5.32 Å². The third-order valence-corrected chi connectivity index (χ3v) is 5.15. The van der Waals surface area contributed by atoms with Gasteiger partial charge in [0, 0.05) is 45.7 Å². The lowest BCUT2D eigenvalue weighted by Crippen LogP contribution is -2.52. The van der Waals surface area contributed by atoms with Crippen molar-refractivity contribution < 1.29 is 19.1 Å². The number of halogens is 1. The Morgan fingerprint density at radius 1 is 1.38 bits per heavy atom. The number of carbonyl (C=O) groups excluding carboxylic acids is 3. The first-order valence-corrected chi connectivity index (χ1v) is 8.89. The summed E-state index contributed by atoms with van der Waals surface area (Å²) in [6.45, 7) is 1.60. The topological polar surface area (TPSA) is 91.8 Å². The molecular formula is C17H21ClN4O4. The zero-order valence-corrected chi connectivity index (χ0v) is 15.3. The van der Waals surface area contributed by atoms with E-state index in [0.29, 0.717) is 50.6 Å². The third kappa shape index (κ3) is 3.90. The van der Waals surface area contributed by atoms with E-state index >= 15 is 0 Å². The van der Waals surface area contributed by atoms with Crippen molar-refractivity contribution in [2.75, 3.05) is 33.2 Å². The number of hydrogen-bond acceptors (Lipinski definition) is 5. The van der Waals surface area contributed by atoms with Crippen LogP contribution in [0.1, 0.15) is 18.4 Å². The molecule has 2 fully saturated rings. The molecule has 0 radical (unpaired) electrons. The van der Waals surface area contributed by atoms with Crippen molar-refractivity contribution >= 4 is 29.5 Å². The zero-order valence-electron chi connectivity index (χ0n) is 14.5. The normalized spacial score (nSPS) is 18.8. The number of rotatable bonds is 3. The maximum atomic E-state index is 12.3. The first-order chi connectivity index (χ1) is 12.4. The highest BCUT2D eigenvalue weighted by Gasteiger charge is 2.46. The van der Waals surface area contributed by atoms with Crippen molar-refractivity contribution in [1.29, 1.82) is 0 Å². The van der Waals surface area contributed by atoms with Crippen LogP contribution in [0, 0.1) is 0 Å². The van der Waals surface area contributed by atoms with Crippen molar-refractivity contribution in [3.05, 3.63) is 29.0 Å². The minimum absolute atomic E-state index is 0.302. The molecule has 3 heterocycles. The molecule has 0 aliphatic carbocycles. The average Bonchev–Trinajstić information content (AvgIpc) is 2.90. The van der Waals surface area contributed by atoms with E-state index in [1.165, 1.54) is 9.80 Å². The van der Waals surface area contributed by atoms with Crippen molar-refractivity contribution in [1.82, 2.24) is 20.1 Å². The lowest BCUT2D eigenvalue weighted by Gasteiger charge is -2.36. The maximum absolute atomic E-state index is 12.3. The van der Waals surface area contributed by atoms with E-state index in [-0.39, 0.29) is 6.09 Å². The molecule has 8 nitrogen and oxygen atoms in total. The number of aromatic nitrogens is 1. The smallest absolute Gasteiger partial charge is 0.410 e. The van der Waals surface area contributed by atoms with Crippen molar-refractivity contribution in [3.63, 3.8) is 0 Å². The van der Waals surface area contributed by atoms with Crippen molar-refractivity contribution in [3.8, 4) is 0 Å².